The van der Waals surface area contributed by atoms with Gasteiger partial charge in [0.15, 0.2) is 9.84 Å². The summed E-state index contributed by atoms with van der Waals surface area (Å²) in [6.07, 6.45) is 0.439. The molecule has 1 aliphatic rings. The van der Waals surface area contributed by atoms with Gasteiger partial charge in [-0.25, -0.2) is 12.8 Å². The van der Waals surface area contributed by atoms with Gasteiger partial charge in [-0.1, -0.05) is 18.2 Å². The number of benzene rings is 1. The van der Waals surface area contributed by atoms with Gasteiger partial charge in [0.25, 0.3) is 0 Å². The standard InChI is InChI=1S/C12H12FNO2S/c13-12-4-2-1-3-10(12)11(7-14)9-5-6-17(15,16)8-9/h1-4,9,11H,5-6,8H2. The number of hydrogen-bond donors (Lipinski definition) is 0. The number of hydrogen-bond acceptors (Lipinski definition) is 3. The van der Waals surface area contributed by atoms with Gasteiger partial charge >= 0.3 is 0 Å². The van der Waals surface area contributed by atoms with Crippen molar-refractivity contribution >= 4 is 9.84 Å². The molecule has 1 aromatic rings. The van der Waals surface area contributed by atoms with Gasteiger partial charge in [-0.3, -0.25) is 0 Å². The number of sulfone groups is 1. The Bertz CT molecular complexity index is 562. The first-order chi connectivity index (χ1) is 8.03. The van der Waals surface area contributed by atoms with E-state index in [-0.39, 0.29) is 17.4 Å². The van der Waals surface area contributed by atoms with Crippen molar-refractivity contribution in [2.45, 2.75) is 12.3 Å². The monoisotopic (exact) mass is 253 g/mol. The zero-order chi connectivity index (χ0) is 12.5. The Hall–Kier alpha value is -1.41. The first-order valence-electron chi connectivity index (χ1n) is 5.38. The van der Waals surface area contributed by atoms with Crippen LogP contribution in [-0.2, 0) is 9.84 Å². The molecule has 0 amide bonds. The minimum absolute atomic E-state index is 0.0143. The average molecular weight is 253 g/mol. The maximum absolute atomic E-state index is 13.6. The van der Waals surface area contributed by atoms with E-state index < -0.39 is 21.6 Å². The number of halogens is 1. The Balaban J connectivity index is 2.31. The molecule has 1 aromatic carbocycles. The summed E-state index contributed by atoms with van der Waals surface area (Å²) in [6, 6.07) is 8.09. The summed E-state index contributed by atoms with van der Waals surface area (Å²) in [7, 11) is -3.04. The van der Waals surface area contributed by atoms with E-state index in [4.69, 9.17) is 5.26 Å². The van der Waals surface area contributed by atoms with Crippen LogP contribution in [0.3, 0.4) is 0 Å². The lowest BCUT2D eigenvalue weighted by molar-refractivity contribution is 0.512. The van der Waals surface area contributed by atoms with Crippen LogP contribution in [0.2, 0.25) is 0 Å². The second-order valence-corrected chi connectivity index (χ2v) is 6.52. The maximum atomic E-state index is 13.6. The molecule has 0 bridgehead atoms. The van der Waals surface area contributed by atoms with Gasteiger partial charge in [-0.05, 0) is 18.4 Å². The zero-order valence-electron chi connectivity index (χ0n) is 9.14. The smallest absolute Gasteiger partial charge is 0.150 e. The molecule has 0 aromatic heterocycles. The second kappa shape index (κ2) is 4.46. The quantitative estimate of drug-likeness (QED) is 0.808. The first kappa shape index (κ1) is 12.1. The molecule has 17 heavy (non-hydrogen) atoms. The van der Waals surface area contributed by atoms with E-state index in [1.807, 2.05) is 6.07 Å². The highest BCUT2D eigenvalue weighted by Gasteiger charge is 2.35. The topological polar surface area (TPSA) is 57.9 Å². The summed E-state index contributed by atoms with van der Waals surface area (Å²) in [4.78, 5) is 0. The first-order valence-corrected chi connectivity index (χ1v) is 7.20. The molecule has 5 heteroatoms. The molecule has 0 N–H and O–H groups in total. The molecule has 0 radical (unpaired) electrons. The van der Waals surface area contributed by atoms with Crippen LogP contribution in [0.15, 0.2) is 24.3 Å². The molecular weight excluding hydrogens is 241 g/mol. The Morgan fingerprint density at radius 1 is 1.41 bits per heavy atom. The minimum Gasteiger partial charge on any atom is -0.229 e. The Kier molecular flexibility index (Phi) is 3.16. The van der Waals surface area contributed by atoms with Gasteiger partial charge in [0.05, 0.1) is 23.5 Å². The lowest BCUT2D eigenvalue weighted by Crippen LogP contribution is -2.14. The molecule has 0 aliphatic carbocycles. The Labute approximate surface area is 99.8 Å². The van der Waals surface area contributed by atoms with E-state index in [2.05, 4.69) is 0 Å². The van der Waals surface area contributed by atoms with Crippen LogP contribution in [0.4, 0.5) is 4.39 Å². The van der Waals surface area contributed by atoms with Crippen molar-refractivity contribution in [2.75, 3.05) is 11.5 Å². The van der Waals surface area contributed by atoms with Crippen molar-refractivity contribution in [3.63, 3.8) is 0 Å². The highest BCUT2D eigenvalue weighted by Crippen LogP contribution is 2.33. The molecule has 0 spiro atoms. The summed E-state index contributed by atoms with van der Waals surface area (Å²) in [5.74, 6) is -1.32. The summed E-state index contributed by atoms with van der Waals surface area (Å²) in [6.45, 7) is 0. The van der Waals surface area contributed by atoms with Crippen LogP contribution in [0.25, 0.3) is 0 Å². The maximum Gasteiger partial charge on any atom is 0.150 e. The molecular formula is C12H12FNO2S. The Morgan fingerprint density at radius 2 is 2.12 bits per heavy atom. The van der Waals surface area contributed by atoms with E-state index in [0.717, 1.165) is 0 Å². The molecule has 1 fully saturated rings. The van der Waals surface area contributed by atoms with E-state index in [1.54, 1.807) is 18.2 Å². The summed E-state index contributed by atoms with van der Waals surface area (Å²) in [5, 5.41) is 9.12. The van der Waals surface area contributed by atoms with Crippen molar-refractivity contribution in [1.29, 1.82) is 5.26 Å². The molecule has 0 saturated carbocycles. The summed E-state index contributed by atoms with van der Waals surface area (Å²) in [5.41, 5.74) is 0.303. The van der Waals surface area contributed by atoms with Crippen LogP contribution in [0.1, 0.15) is 17.9 Å². The molecule has 90 valence electrons. The fourth-order valence-electron chi connectivity index (χ4n) is 2.24. The molecule has 2 unspecified atom stereocenters. The fourth-order valence-corrected chi connectivity index (χ4v) is 4.08. The van der Waals surface area contributed by atoms with Gasteiger partial charge in [-0.2, -0.15) is 5.26 Å². The molecule has 3 nitrogen and oxygen atoms in total. The van der Waals surface area contributed by atoms with Gasteiger partial charge in [-0.15, -0.1) is 0 Å². The highest BCUT2D eigenvalue weighted by atomic mass is 32.2. The molecule has 1 saturated heterocycles. The normalized spacial score (nSPS) is 24.1. The van der Waals surface area contributed by atoms with Crippen LogP contribution < -0.4 is 0 Å². The van der Waals surface area contributed by atoms with Crippen LogP contribution >= 0.6 is 0 Å². The Morgan fingerprint density at radius 3 is 2.65 bits per heavy atom. The number of rotatable bonds is 2. The summed E-state index contributed by atoms with van der Waals surface area (Å²) < 4.78 is 36.3. The molecule has 2 rings (SSSR count). The average Bonchev–Trinajstić information content (AvgIpc) is 2.63. The van der Waals surface area contributed by atoms with Gasteiger partial charge in [0, 0.05) is 5.56 Å². The van der Waals surface area contributed by atoms with Crippen molar-refractivity contribution in [3.05, 3.63) is 35.6 Å². The predicted octanol–water partition coefficient (Wildman–Crippen LogP) is 1.87. The third kappa shape index (κ3) is 2.47. The third-order valence-corrected chi connectivity index (χ3v) is 4.91. The van der Waals surface area contributed by atoms with Gasteiger partial charge < -0.3 is 0 Å². The largest absolute Gasteiger partial charge is 0.229 e. The van der Waals surface area contributed by atoms with Gasteiger partial charge in [0.1, 0.15) is 5.82 Å². The van der Waals surface area contributed by atoms with Gasteiger partial charge in [0.2, 0.25) is 0 Å². The SMILES string of the molecule is N#CC(c1ccccc1F)C1CCS(=O)(=O)C1. The number of nitriles is 1. The lowest BCUT2D eigenvalue weighted by atomic mass is 9.86. The summed E-state index contributed by atoms with van der Waals surface area (Å²) >= 11 is 0. The minimum atomic E-state index is -3.04. The van der Waals surface area contributed by atoms with Crippen LogP contribution in [0, 0.1) is 23.1 Å². The molecule has 2 atom stereocenters. The van der Waals surface area contributed by atoms with E-state index >= 15 is 0 Å². The fraction of sp³-hybridized carbons (Fsp3) is 0.417. The zero-order valence-corrected chi connectivity index (χ0v) is 9.95. The van der Waals surface area contributed by atoms with E-state index in [1.165, 1.54) is 6.07 Å². The lowest BCUT2D eigenvalue weighted by Gasteiger charge is -2.15. The van der Waals surface area contributed by atoms with Crippen molar-refractivity contribution in [2.24, 2.45) is 5.92 Å². The molecule has 1 heterocycles. The van der Waals surface area contributed by atoms with E-state index in [0.29, 0.717) is 12.0 Å². The predicted molar refractivity (Wildman–Crippen MR) is 61.5 cm³/mol. The highest BCUT2D eigenvalue weighted by molar-refractivity contribution is 7.91. The van der Waals surface area contributed by atoms with Crippen LogP contribution in [0.5, 0.6) is 0 Å². The van der Waals surface area contributed by atoms with Crippen molar-refractivity contribution in [1.82, 2.24) is 0 Å². The van der Waals surface area contributed by atoms with Crippen LogP contribution in [-0.4, -0.2) is 19.9 Å². The molecule has 1 aliphatic heterocycles. The van der Waals surface area contributed by atoms with E-state index in [9.17, 15) is 12.8 Å². The van der Waals surface area contributed by atoms with Crippen molar-refractivity contribution < 1.29 is 12.8 Å². The third-order valence-electron chi connectivity index (χ3n) is 3.12. The number of nitrogens with zero attached hydrogens (tertiary/aromatic N) is 1. The van der Waals surface area contributed by atoms with Crippen molar-refractivity contribution in [3.8, 4) is 6.07 Å². The second-order valence-electron chi connectivity index (χ2n) is 4.29.